The fraction of sp³-hybridized carbons (Fsp3) is 0.250. The summed E-state index contributed by atoms with van der Waals surface area (Å²) in [5, 5.41) is 8.70. The number of hydrogen-bond donors (Lipinski definition) is 1. The van der Waals surface area contributed by atoms with Gasteiger partial charge in [-0.3, -0.25) is 4.79 Å². The Balaban J connectivity index is 2.93. The van der Waals surface area contributed by atoms with Gasteiger partial charge in [0.25, 0.3) is 0 Å². The van der Waals surface area contributed by atoms with Crippen LogP contribution >= 0.6 is 0 Å². The number of carboxylic acid groups (broad SMARTS) is 1. The van der Waals surface area contributed by atoms with Crippen molar-refractivity contribution in [2.24, 2.45) is 0 Å². The second-order valence-electron chi connectivity index (χ2n) is 3.61. The zero-order valence-corrected chi connectivity index (χ0v) is 9.44. The van der Waals surface area contributed by atoms with E-state index in [-0.39, 0.29) is 13.1 Å². The molecule has 0 saturated heterocycles. The third kappa shape index (κ3) is 3.80. The number of benzene rings is 1. The Morgan fingerprint density at radius 3 is 2.28 bits per heavy atom. The summed E-state index contributed by atoms with van der Waals surface area (Å²) in [5.74, 6) is -1.06. The van der Waals surface area contributed by atoms with Gasteiger partial charge in [0.05, 0.1) is 5.56 Å². The zero-order chi connectivity index (χ0) is 13.8. The molecule has 0 aromatic heterocycles. The number of nitrogens with zero attached hydrogens (tertiary/aromatic N) is 1. The average Bonchev–Trinajstić information content (AvgIpc) is 2.27. The van der Waals surface area contributed by atoms with Gasteiger partial charge in [-0.2, -0.15) is 13.2 Å². The molecule has 1 aromatic rings. The minimum atomic E-state index is -4.39. The molecule has 18 heavy (non-hydrogen) atoms. The third-order valence-corrected chi connectivity index (χ3v) is 2.24. The highest BCUT2D eigenvalue weighted by Crippen LogP contribution is 2.30. The van der Waals surface area contributed by atoms with Crippen molar-refractivity contribution in [1.82, 2.24) is 0 Å². The first kappa shape index (κ1) is 14.1. The number of anilines is 1. The Morgan fingerprint density at radius 1 is 1.33 bits per heavy atom. The summed E-state index contributed by atoms with van der Waals surface area (Å²) < 4.78 is 37.1. The van der Waals surface area contributed by atoms with E-state index >= 15 is 0 Å². The van der Waals surface area contributed by atoms with Gasteiger partial charge in [-0.25, -0.2) is 0 Å². The summed E-state index contributed by atoms with van der Waals surface area (Å²) in [5.41, 5.74) is -0.356. The molecule has 0 radical (unpaired) electrons. The molecule has 0 heterocycles. The molecule has 6 heteroatoms. The van der Waals surface area contributed by atoms with Crippen molar-refractivity contribution < 1.29 is 23.1 Å². The molecule has 0 bridgehead atoms. The SMILES string of the molecule is C=CCN(CC(=O)O)c1ccc(C(F)(F)F)cc1. The summed E-state index contributed by atoms with van der Waals surface area (Å²) >= 11 is 0. The fourth-order valence-electron chi connectivity index (χ4n) is 1.44. The Morgan fingerprint density at radius 2 is 1.89 bits per heavy atom. The summed E-state index contributed by atoms with van der Waals surface area (Å²) in [7, 11) is 0. The molecule has 1 N–H and O–H groups in total. The minimum absolute atomic E-state index is 0.248. The molecular formula is C12H12F3NO2. The Hall–Kier alpha value is -1.98. The van der Waals surface area contributed by atoms with E-state index in [1.54, 1.807) is 0 Å². The monoisotopic (exact) mass is 259 g/mol. The van der Waals surface area contributed by atoms with Crippen molar-refractivity contribution in [1.29, 1.82) is 0 Å². The number of alkyl halides is 3. The number of hydrogen-bond acceptors (Lipinski definition) is 2. The van der Waals surface area contributed by atoms with E-state index < -0.39 is 17.7 Å². The van der Waals surface area contributed by atoms with Crippen LogP contribution in [-0.2, 0) is 11.0 Å². The molecule has 0 unspecified atom stereocenters. The molecule has 0 aliphatic carbocycles. The molecule has 0 saturated carbocycles. The zero-order valence-electron chi connectivity index (χ0n) is 9.44. The van der Waals surface area contributed by atoms with Crippen LogP contribution in [0.3, 0.4) is 0 Å². The molecule has 0 aliphatic rings. The van der Waals surface area contributed by atoms with E-state index in [2.05, 4.69) is 6.58 Å². The molecule has 98 valence electrons. The van der Waals surface area contributed by atoms with E-state index in [9.17, 15) is 18.0 Å². The van der Waals surface area contributed by atoms with Crippen LogP contribution in [0.25, 0.3) is 0 Å². The highest BCUT2D eigenvalue weighted by Gasteiger charge is 2.30. The first-order valence-corrected chi connectivity index (χ1v) is 5.09. The van der Waals surface area contributed by atoms with E-state index in [4.69, 9.17) is 5.11 Å². The van der Waals surface area contributed by atoms with Crippen LogP contribution in [-0.4, -0.2) is 24.2 Å². The van der Waals surface area contributed by atoms with Gasteiger partial charge in [0.1, 0.15) is 6.54 Å². The van der Waals surface area contributed by atoms with Crippen LogP contribution in [0.1, 0.15) is 5.56 Å². The van der Waals surface area contributed by atoms with Gasteiger partial charge < -0.3 is 10.0 Å². The maximum absolute atomic E-state index is 12.4. The lowest BCUT2D eigenvalue weighted by atomic mass is 10.2. The average molecular weight is 259 g/mol. The Bertz CT molecular complexity index is 426. The minimum Gasteiger partial charge on any atom is -0.480 e. The van der Waals surface area contributed by atoms with Crippen molar-refractivity contribution in [3.63, 3.8) is 0 Å². The molecule has 0 amide bonds. The first-order chi connectivity index (χ1) is 8.34. The lowest BCUT2D eigenvalue weighted by molar-refractivity contribution is -0.138. The van der Waals surface area contributed by atoms with Gasteiger partial charge in [0, 0.05) is 12.2 Å². The second-order valence-corrected chi connectivity index (χ2v) is 3.61. The second kappa shape index (κ2) is 5.57. The fourth-order valence-corrected chi connectivity index (χ4v) is 1.44. The largest absolute Gasteiger partial charge is 0.480 e. The summed E-state index contributed by atoms with van der Waals surface area (Å²) in [6.07, 6.45) is -2.91. The topological polar surface area (TPSA) is 40.5 Å². The van der Waals surface area contributed by atoms with Gasteiger partial charge in [0.2, 0.25) is 0 Å². The lowest BCUT2D eigenvalue weighted by Crippen LogP contribution is -2.29. The number of aliphatic carboxylic acids is 1. The van der Waals surface area contributed by atoms with E-state index in [1.165, 1.54) is 23.1 Å². The first-order valence-electron chi connectivity index (χ1n) is 5.09. The van der Waals surface area contributed by atoms with Crippen molar-refractivity contribution in [3.8, 4) is 0 Å². The van der Waals surface area contributed by atoms with E-state index in [1.807, 2.05) is 0 Å². The van der Waals surface area contributed by atoms with Crippen molar-refractivity contribution in [2.45, 2.75) is 6.18 Å². The molecule has 0 atom stereocenters. The van der Waals surface area contributed by atoms with Crippen molar-refractivity contribution >= 4 is 11.7 Å². The highest BCUT2D eigenvalue weighted by atomic mass is 19.4. The summed E-state index contributed by atoms with van der Waals surface area (Å²) in [4.78, 5) is 12.0. The molecule has 0 spiro atoms. The molecule has 0 fully saturated rings. The maximum Gasteiger partial charge on any atom is 0.416 e. The third-order valence-electron chi connectivity index (χ3n) is 2.24. The number of carboxylic acids is 1. The number of carbonyl (C=O) groups is 1. The highest BCUT2D eigenvalue weighted by molar-refractivity contribution is 5.73. The molecule has 1 rings (SSSR count). The van der Waals surface area contributed by atoms with Gasteiger partial charge in [-0.1, -0.05) is 6.08 Å². The van der Waals surface area contributed by atoms with Crippen LogP contribution in [0.15, 0.2) is 36.9 Å². The van der Waals surface area contributed by atoms with Gasteiger partial charge in [-0.15, -0.1) is 6.58 Å². The quantitative estimate of drug-likeness (QED) is 0.826. The number of rotatable bonds is 5. The maximum atomic E-state index is 12.4. The van der Waals surface area contributed by atoms with Gasteiger partial charge >= 0.3 is 12.1 Å². The summed E-state index contributed by atoms with van der Waals surface area (Å²) in [6.45, 7) is 3.43. The molecular weight excluding hydrogens is 247 g/mol. The van der Waals surface area contributed by atoms with Crippen LogP contribution in [0, 0.1) is 0 Å². The standard InChI is InChI=1S/C12H12F3NO2/c1-2-7-16(8-11(17)18)10-5-3-9(4-6-10)12(13,14)15/h2-6H,1,7-8H2,(H,17,18). The molecule has 3 nitrogen and oxygen atoms in total. The predicted molar refractivity (Wildman–Crippen MR) is 61.5 cm³/mol. The van der Waals surface area contributed by atoms with E-state index in [0.29, 0.717) is 5.69 Å². The lowest BCUT2D eigenvalue weighted by Gasteiger charge is -2.21. The van der Waals surface area contributed by atoms with Crippen LogP contribution in [0.5, 0.6) is 0 Å². The van der Waals surface area contributed by atoms with Gasteiger partial charge in [-0.05, 0) is 24.3 Å². The molecule has 0 aliphatic heterocycles. The summed E-state index contributed by atoms with van der Waals surface area (Å²) in [6, 6.07) is 4.34. The predicted octanol–water partition coefficient (Wildman–Crippen LogP) is 2.78. The number of halogens is 3. The Kier molecular flexibility index (Phi) is 4.36. The van der Waals surface area contributed by atoms with Crippen LogP contribution in [0.4, 0.5) is 18.9 Å². The smallest absolute Gasteiger partial charge is 0.416 e. The Labute approximate surface area is 102 Å². The van der Waals surface area contributed by atoms with Crippen molar-refractivity contribution in [2.75, 3.05) is 18.0 Å². The van der Waals surface area contributed by atoms with Crippen molar-refractivity contribution in [3.05, 3.63) is 42.5 Å². The molecule has 1 aromatic carbocycles. The van der Waals surface area contributed by atoms with Gasteiger partial charge in [0.15, 0.2) is 0 Å². The van der Waals surface area contributed by atoms with Crippen LogP contribution < -0.4 is 4.90 Å². The van der Waals surface area contributed by atoms with Crippen LogP contribution in [0.2, 0.25) is 0 Å². The normalized spacial score (nSPS) is 11.1. The van der Waals surface area contributed by atoms with E-state index in [0.717, 1.165) is 12.1 Å².